The van der Waals surface area contributed by atoms with Gasteiger partial charge in [0.15, 0.2) is 5.78 Å². The molecular formula is C17H13NO2. The fraction of sp³-hybridized carbons (Fsp3) is 0.0588. The standard InChI is InChI=1S/C17H13NO2/c1-20-15-6-2-4-13(10-15)17(19)14-8-7-12-5-3-9-18-16(12)11-14/h2-11H,1H3. The number of nitrogens with zero attached hydrogens (tertiary/aromatic N) is 1. The van der Waals surface area contributed by atoms with Crippen LogP contribution in [0.25, 0.3) is 10.9 Å². The van der Waals surface area contributed by atoms with Gasteiger partial charge >= 0.3 is 0 Å². The number of methoxy groups -OCH3 is 1. The highest BCUT2D eigenvalue weighted by Gasteiger charge is 2.10. The third kappa shape index (κ3) is 2.26. The number of aromatic nitrogens is 1. The molecule has 0 saturated carbocycles. The van der Waals surface area contributed by atoms with Gasteiger partial charge in [-0.2, -0.15) is 0 Å². The van der Waals surface area contributed by atoms with Crippen molar-refractivity contribution in [3.8, 4) is 5.75 Å². The minimum Gasteiger partial charge on any atom is -0.497 e. The second-order valence-corrected chi connectivity index (χ2v) is 4.47. The lowest BCUT2D eigenvalue weighted by Gasteiger charge is -2.05. The van der Waals surface area contributed by atoms with Crippen molar-refractivity contribution in [3.05, 3.63) is 71.9 Å². The number of rotatable bonds is 3. The van der Waals surface area contributed by atoms with Gasteiger partial charge in [0.05, 0.1) is 12.6 Å². The first-order valence-corrected chi connectivity index (χ1v) is 6.31. The third-order valence-corrected chi connectivity index (χ3v) is 3.20. The van der Waals surface area contributed by atoms with Crippen molar-refractivity contribution in [3.63, 3.8) is 0 Å². The Bertz CT molecular complexity index is 781. The summed E-state index contributed by atoms with van der Waals surface area (Å²) in [7, 11) is 1.59. The maximum absolute atomic E-state index is 12.5. The molecule has 3 nitrogen and oxygen atoms in total. The molecule has 0 amide bonds. The lowest BCUT2D eigenvalue weighted by Crippen LogP contribution is -2.01. The SMILES string of the molecule is COc1cccc(C(=O)c2ccc3cccnc3c2)c1. The zero-order chi connectivity index (χ0) is 13.9. The molecule has 20 heavy (non-hydrogen) atoms. The summed E-state index contributed by atoms with van der Waals surface area (Å²) in [5.74, 6) is 0.645. The normalized spacial score (nSPS) is 10.4. The van der Waals surface area contributed by atoms with Gasteiger partial charge in [0.25, 0.3) is 0 Å². The van der Waals surface area contributed by atoms with E-state index in [1.165, 1.54) is 0 Å². The molecule has 3 heteroatoms. The summed E-state index contributed by atoms with van der Waals surface area (Å²) in [4.78, 5) is 16.7. The van der Waals surface area contributed by atoms with Crippen LogP contribution in [0.2, 0.25) is 0 Å². The van der Waals surface area contributed by atoms with Crippen LogP contribution in [0.5, 0.6) is 5.75 Å². The summed E-state index contributed by atoms with van der Waals surface area (Å²) >= 11 is 0. The van der Waals surface area contributed by atoms with Crippen molar-refractivity contribution in [1.82, 2.24) is 4.98 Å². The topological polar surface area (TPSA) is 39.2 Å². The molecule has 0 radical (unpaired) electrons. The summed E-state index contributed by atoms with van der Waals surface area (Å²) in [6.45, 7) is 0. The Labute approximate surface area is 116 Å². The summed E-state index contributed by atoms with van der Waals surface area (Å²) < 4.78 is 5.15. The summed E-state index contributed by atoms with van der Waals surface area (Å²) in [5, 5.41) is 1.02. The zero-order valence-corrected chi connectivity index (χ0v) is 11.0. The number of hydrogen-bond donors (Lipinski definition) is 0. The first-order chi connectivity index (χ1) is 9.78. The lowest BCUT2D eigenvalue weighted by molar-refractivity contribution is 0.103. The van der Waals surface area contributed by atoms with Gasteiger partial charge in [0.1, 0.15) is 5.75 Å². The molecule has 0 spiro atoms. The average Bonchev–Trinajstić information content (AvgIpc) is 2.53. The van der Waals surface area contributed by atoms with E-state index in [-0.39, 0.29) is 5.78 Å². The first kappa shape index (κ1) is 12.4. The Kier molecular flexibility index (Phi) is 3.17. The molecule has 0 unspecified atom stereocenters. The number of fused-ring (bicyclic) bond motifs is 1. The number of hydrogen-bond acceptors (Lipinski definition) is 3. The Balaban J connectivity index is 2.03. The molecule has 0 N–H and O–H groups in total. The van der Waals surface area contributed by atoms with E-state index in [0.29, 0.717) is 16.9 Å². The van der Waals surface area contributed by atoms with E-state index < -0.39 is 0 Å². The van der Waals surface area contributed by atoms with Crippen LogP contribution >= 0.6 is 0 Å². The molecule has 0 aliphatic carbocycles. The second-order valence-electron chi connectivity index (χ2n) is 4.47. The minimum atomic E-state index is -0.0311. The van der Waals surface area contributed by atoms with Crippen LogP contribution in [0.15, 0.2) is 60.8 Å². The molecular weight excluding hydrogens is 250 g/mol. The smallest absolute Gasteiger partial charge is 0.193 e. The van der Waals surface area contributed by atoms with Gasteiger partial charge in [0, 0.05) is 22.7 Å². The van der Waals surface area contributed by atoms with Crippen LogP contribution in [0.3, 0.4) is 0 Å². The van der Waals surface area contributed by atoms with Crippen LogP contribution in [0.1, 0.15) is 15.9 Å². The van der Waals surface area contributed by atoms with E-state index >= 15 is 0 Å². The van der Waals surface area contributed by atoms with E-state index in [9.17, 15) is 4.79 Å². The molecule has 0 saturated heterocycles. The highest BCUT2D eigenvalue weighted by atomic mass is 16.5. The van der Waals surface area contributed by atoms with E-state index in [2.05, 4.69) is 4.98 Å². The molecule has 0 aliphatic rings. The summed E-state index contributed by atoms with van der Waals surface area (Å²) in [6, 6.07) is 16.6. The molecule has 0 aliphatic heterocycles. The second kappa shape index (κ2) is 5.13. The first-order valence-electron chi connectivity index (χ1n) is 6.31. The Morgan fingerprint density at radius 1 is 1.00 bits per heavy atom. The predicted molar refractivity (Wildman–Crippen MR) is 78.2 cm³/mol. The minimum absolute atomic E-state index is 0.0311. The highest BCUT2D eigenvalue weighted by molar-refractivity contribution is 6.10. The van der Waals surface area contributed by atoms with Gasteiger partial charge in [-0.05, 0) is 24.3 Å². The predicted octanol–water partition coefficient (Wildman–Crippen LogP) is 3.47. The number of pyridine rings is 1. The molecule has 98 valence electrons. The molecule has 0 atom stereocenters. The molecule has 0 bridgehead atoms. The monoisotopic (exact) mass is 263 g/mol. The highest BCUT2D eigenvalue weighted by Crippen LogP contribution is 2.19. The van der Waals surface area contributed by atoms with Crippen molar-refractivity contribution in [1.29, 1.82) is 0 Å². The maximum atomic E-state index is 12.5. The van der Waals surface area contributed by atoms with Crippen molar-refractivity contribution in [2.24, 2.45) is 0 Å². The van der Waals surface area contributed by atoms with Gasteiger partial charge in [-0.25, -0.2) is 0 Å². The van der Waals surface area contributed by atoms with Gasteiger partial charge in [0.2, 0.25) is 0 Å². The van der Waals surface area contributed by atoms with Gasteiger partial charge in [-0.3, -0.25) is 9.78 Å². The molecule has 3 rings (SSSR count). The van der Waals surface area contributed by atoms with Crippen LogP contribution in [-0.4, -0.2) is 17.9 Å². The number of carbonyl (C=O) groups is 1. The number of ether oxygens (including phenoxy) is 1. The van der Waals surface area contributed by atoms with E-state index in [1.54, 1.807) is 25.4 Å². The van der Waals surface area contributed by atoms with Crippen molar-refractivity contribution in [2.75, 3.05) is 7.11 Å². The Morgan fingerprint density at radius 3 is 2.70 bits per heavy atom. The van der Waals surface area contributed by atoms with Gasteiger partial charge in [-0.15, -0.1) is 0 Å². The number of carbonyl (C=O) groups excluding carboxylic acids is 1. The van der Waals surface area contributed by atoms with Crippen molar-refractivity contribution >= 4 is 16.7 Å². The maximum Gasteiger partial charge on any atom is 0.193 e. The Morgan fingerprint density at radius 2 is 1.85 bits per heavy atom. The molecule has 3 aromatic rings. The van der Waals surface area contributed by atoms with Gasteiger partial charge in [-0.1, -0.05) is 30.3 Å². The Hall–Kier alpha value is -2.68. The zero-order valence-electron chi connectivity index (χ0n) is 11.0. The van der Waals surface area contributed by atoms with E-state index in [4.69, 9.17) is 4.74 Å². The number of benzene rings is 2. The summed E-state index contributed by atoms with van der Waals surface area (Å²) in [5.41, 5.74) is 2.06. The number of ketones is 1. The van der Waals surface area contributed by atoms with E-state index in [0.717, 1.165) is 10.9 Å². The van der Waals surface area contributed by atoms with Crippen molar-refractivity contribution < 1.29 is 9.53 Å². The van der Waals surface area contributed by atoms with Crippen LogP contribution in [0, 0.1) is 0 Å². The largest absolute Gasteiger partial charge is 0.497 e. The molecule has 1 aromatic heterocycles. The van der Waals surface area contributed by atoms with E-state index in [1.807, 2.05) is 42.5 Å². The molecule has 1 heterocycles. The quantitative estimate of drug-likeness (QED) is 0.679. The lowest BCUT2D eigenvalue weighted by atomic mass is 10.0. The molecule has 0 fully saturated rings. The van der Waals surface area contributed by atoms with Crippen LogP contribution in [0.4, 0.5) is 0 Å². The third-order valence-electron chi connectivity index (χ3n) is 3.20. The van der Waals surface area contributed by atoms with Crippen LogP contribution < -0.4 is 4.74 Å². The fourth-order valence-electron chi connectivity index (χ4n) is 2.14. The fourth-order valence-corrected chi connectivity index (χ4v) is 2.14. The molecule has 2 aromatic carbocycles. The van der Waals surface area contributed by atoms with Gasteiger partial charge < -0.3 is 4.74 Å². The average molecular weight is 263 g/mol. The van der Waals surface area contributed by atoms with Crippen molar-refractivity contribution in [2.45, 2.75) is 0 Å². The van der Waals surface area contributed by atoms with Crippen LogP contribution in [-0.2, 0) is 0 Å². The summed E-state index contributed by atoms with van der Waals surface area (Å²) in [6.07, 6.45) is 1.72.